The second kappa shape index (κ2) is 4.28. The summed E-state index contributed by atoms with van der Waals surface area (Å²) in [7, 11) is 0. The molecule has 4 heteroatoms. The van der Waals surface area contributed by atoms with E-state index in [0.29, 0.717) is 5.92 Å². The number of nitriles is 1. The summed E-state index contributed by atoms with van der Waals surface area (Å²) in [5.74, 6) is 2.00. The Morgan fingerprint density at radius 1 is 1.60 bits per heavy atom. The lowest BCUT2D eigenvalue weighted by Gasteiger charge is -2.17. The molecule has 1 aromatic rings. The summed E-state index contributed by atoms with van der Waals surface area (Å²) in [6, 6.07) is 2.41. The highest BCUT2D eigenvalue weighted by Crippen LogP contribution is 2.45. The molecule has 1 aliphatic rings. The number of nitrogens with zero attached hydrogens (tertiary/aromatic N) is 3. The SMILES string of the molecule is CCC(C1CC1)C(C#N)c1nc(C)ns1. The van der Waals surface area contributed by atoms with Crippen LogP contribution in [0.1, 0.15) is 42.9 Å². The second-order valence-electron chi connectivity index (χ2n) is 4.20. The highest BCUT2D eigenvalue weighted by Gasteiger charge is 2.37. The van der Waals surface area contributed by atoms with E-state index in [1.807, 2.05) is 6.92 Å². The Bertz CT molecular complexity index is 375. The van der Waals surface area contributed by atoms with Gasteiger partial charge in [0.15, 0.2) is 0 Å². The molecule has 0 bridgehead atoms. The van der Waals surface area contributed by atoms with Crippen molar-refractivity contribution in [3.63, 3.8) is 0 Å². The second-order valence-corrected chi connectivity index (χ2v) is 4.98. The fourth-order valence-electron chi connectivity index (χ4n) is 2.14. The van der Waals surface area contributed by atoms with E-state index in [1.165, 1.54) is 24.4 Å². The Labute approximate surface area is 94.3 Å². The van der Waals surface area contributed by atoms with Crippen molar-refractivity contribution in [1.29, 1.82) is 5.26 Å². The summed E-state index contributed by atoms with van der Waals surface area (Å²) in [4.78, 5) is 4.35. The molecular weight excluding hydrogens is 206 g/mol. The van der Waals surface area contributed by atoms with E-state index in [2.05, 4.69) is 22.4 Å². The highest BCUT2D eigenvalue weighted by molar-refractivity contribution is 7.05. The van der Waals surface area contributed by atoms with Crippen LogP contribution in [0.3, 0.4) is 0 Å². The van der Waals surface area contributed by atoms with Crippen molar-refractivity contribution in [3.8, 4) is 6.07 Å². The van der Waals surface area contributed by atoms with Gasteiger partial charge >= 0.3 is 0 Å². The molecule has 1 aliphatic carbocycles. The fraction of sp³-hybridized carbons (Fsp3) is 0.727. The van der Waals surface area contributed by atoms with Crippen molar-refractivity contribution < 1.29 is 0 Å². The largest absolute Gasteiger partial charge is 0.223 e. The van der Waals surface area contributed by atoms with Crippen LogP contribution in [0, 0.1) is 30.1 Å². The van der Waals surface area contributed by atoms with E-state index < -0.39 is 0 Å². The zero-order chi connectivity index (χ0) is 10.8. The zero-order valence-electron chi connectivity index (χ0n) is 9.10. The molecule has 1 aromatic heterocycles. The number of aryl methyl sites for hydroxylation is 1. The molecule has 0 aromatic carbocycles. The molecule has 0 spiro atoms. The number of aromatic nitrogens is 2. The maximum absolute atomic E-state index is 9.26. The molecule has 80 valence electrons. The first-order valence-corrected chi connectivity index (χ1v) is 6.23. The summed E-state index contributed by atoms with van der Waals surface area (Å²) < 4.78 is 4.16. The van der Waals surface area contributed by atoms with E-state index >= 15 is 0 Å². The van der Waals surface area contributed by atoms with Crippen LogP contribution in [0.15, 0.2) is 0 Å². The molecule has 1 heterocycles. The van der Waals surface area contributed by atoms with Crippen molar-refractivity contribution in [2.75, 3.05) is 0 Å². The topological polar surface area (TPSA) is 49.6 Å². The van der Waals surface area contributed by atoms with E-state index in [0.717, 1.165) is 23.2 Å². The van der Waals surface area contributed by atoms with Crippen LogP contribution in [-0.2, 0) is 0 Å². The lowest BCUT2D eigenvalue weighted by Crippen LogP contribution is -2.12. The van der Waals surface area contributed by atoms with Crippen molar-refractivity contribution in [2.45, 2.75) is 39.0 Å². The third kappa shape index (κ3) is 2.18. The van der Waals surface area contributed by atoms with Gasteiger partial charge in [-0.15, -0.1) is 0 Å². The van der Waals surface area contributed by atoms with Gasteiger partial charge in [0, 0.05) is 0 Å². The van der Waals surface area contributed by atoms with Crippen molar-refractivity contribution in [3.05, 3.63) is 10.8 Å². The average molecular weight is 221 g/mol. The average Bonchev–Trinajstić information content (AvgIpc) is 2.98. The Kier molecular flexibility index (Phi) is 3.01. The van der Waals surface area contributed by atoms with E-state index in [9.17, 15) is 5.26 Å². The Morgan fingerprint density at radius 2 is 2.33 bits per heavy atom. The first kappa shape index (κ1) is 10.6. The molecule has 0 amide bonds. The van der Waals surface area contributed by atoms with Crippen LogP contribution in [0.5, 0.6) is 0 Å². The Morgan fingerprint density at radius 3 is 2.73 bits per heavy atom. The Hall–Kier alpha value is -0.950. The molecule has 2 unspecified atom stereocenters. The third-order valence-corrected chi connectivity index (χ3v) is 3.96. The van der Waals surface area contributed by atoms with Crippen molar-refractivity contribution >= 4 is 11.5 Å². The molecule has 0 aliphatic heterocycles. The van der Waals surface area contributed by atoms with E-state index in [4.69, 9.17) is 0 Å². The number of hydrogen-bond donors (Lipinski definition) is 0. The molecule has 15 heavy (non-hydrogen) atoms. The highest BCUT2D eigenvalue weighted by atomic mass is 32.1. The number of hydrogen-bond acceptors (Lipinski definition) is 4. The summed E-state index contributed by atoms with van der Waals surface area (Å²) in [6.07, 6.45) is 3.64. The third-order valence-electron chi connectivity index (χ3n) is 3.08. The van der Waals surface area contributed by atoms with Gasteiger partial charge in [-0.1, -0.05) is 13.3 Å². The zero-order valence-corrected chi connectivity index (χ0v) is 9.92. The minimum absolute atomic E-state index is 0.0336. The summed E-state index contributed by atoms with van der Waals surface area (Å²) in [6.45, 7) is 4.05. The molecule has 0 saturated heterocycles. The minimum atomic E-state index is -0.0336. The van der Waals surface area contributed by atoms with Crippen LogP contribution in [0.2, 0.25) is 0 Å². The van der Waals surface area contributed by atoms with Crippen LogP contribution in [0.25, 0.3) is 0 Å². The molecule has 2 rings (SSSR count). The lowest BCUT2D eigenvalue weighted by molar-refractivity contribution is 0.410. The van der Waals surface area contributed by atoms with Gasteiger partial charge < -0.3 is 0 Å². The molecule has 3 nitrogen and oxygen atoms in total. The van der Waals surface area contributed by atoms with Gasteiger partial charge in [-0.2, -0.15) is 9.64 Å². The first-order valence-electron chi connectivity index (χ1n) is 5.46. The predicted octanol–water partition coefficient (Wildman–Crippen LogP) is 2.89. The Balaban J connectivity index is 2.19. The molecule has 2 atom stereocenters. The van der Waals surface area contributed by atoms with Crippen LogP contribution < -0.4 is 0 Å². The lowest BCUT2D eigenvalue weighted by atomic mass is 9.87. The van der Waals surface area contributed by atoms with Crippen molar-refractivity contribution in [2.24, 2.45) is 11.8 Å². The van der Waals surface area contributed by atoms with Gasteiger partial charge in [-0.05, 0) is 43.1 Å². The number of rotatable bonds is 4. The maximum Gasteiger partial charge on any atom is 0.139 e. The molecule has 1 saturated carbocycles. The summed E-state index contributed by atoms with van der Waals surface area (Å²) >= 11 is 1.39. The van der Waals surface area contributed by atoms with E-state index in [-0.39, 0.29) is 5.92 Å². The standard InChI is InChI=1S/C11H15N3S/c1-3-9(8-4-5-8)10(6-12)11-13-7(2)14-15-11/h8-10H,3-5H2,1-2H3. The van der Waals surface area contributed by atoms with Gasteiger partial charge in [0.05, 0.1) is 6.07 Å². The molecule has 1 fully saturated rings. The van der Waals surface area contributed by atoms with Gasteiger partial charge in [0.1, 0.15) is 16.7 Å². The van der Waals surface area contributed by atoms with Gasteiger partial charge in [0.25, 0.3) is 0 Å². The molecular formula is C11H15N3S. The normalized spacial score (nSPS) is 19.5. The molecule has 0 N–H and O–H groups in total. The minimum Gasteiger partial charge on any atom is -0.223 e. The van der Waals surface area contributed by atoms with Gasteiger partial charge in [-0.3, -0.25) is 0 Å². The predicted molar refractivity (Wildman–Crippen MR) is 59.5 cm³/mol. The summed E-state index contributed by atoms with van der Waals surface area (Å²) in [5, 5.41) is 10.2. The first-order chi connectivity index (χ1) is 7.26. The van der Waals surface area contributed by atoms with Crippen LogP contribution >= 0.6 is 11.5 Å². The van der Waals surface area contributed by atoms with Crippen molar-refractivity contribution in [1.82, 2.24) is 9.36 Å². The molecule has 0 radical (unpaired) electrons. The quantitative estimate of drug-likeness (QED) is 0.785. The fourth-order valence-corrected chi connectivity index (χ4v) is 2.92. The maximum atomic E-state index is 9.26. The summed E-state index contributed by atoms with van der Waals surface area (Å²) in [5.41, 5.74) is 0. The van der Waals surface area contributed by atoms with E-state index in [1.54, 1.807) is 0 Å². The smallest absolute Gasteiger partial charge is 0.139 e. The van der Waals surface area contributed by atoms with Crippen LogP contribution in [0.4, 0.5) is 0 Å². The van der Waals surface area contributed by atoms with Gasteiger partial charge in [-0.25, -0.2) is 4.98 Å². The van der Waals surface area contributed by atoms with Gasteiger partial charge in [0.2, 0.25) is 0 Å². The van der Waals surface area contributed by atoms with Crippen LogP contribution in [-0.4, -0.2) is 9.36 Å². The monoisotopic (exact) mass is 221 g/mol.